The molecule has 4 aliphatic rings. The molecule has 0 unspecified atom stereocenters. The molecule has 0 spiro atoms. The Morgan fingerprint density at radius 2 is 1.78 bits per heavy atom. The number of nitrogens with two attached hydrogens (primary N) is 1. The first-order valence-electron chi connectivity index (χ1n) is 6.85. The molecule has 4 bridgehead atoms. The smallest absolute Gasteiger partial charge is 0.237 e. The number of rotatable bonds is 2. The molecule has 5 nitrogen and oxygen atoms in total. The van der Waals surface area contributed by atoms with E-state index in [-0.39, 0.29) is 5.54 Å². The molecule has 6 heteroatoms. The van der Waals surface area contributed by atoms with Crippen molar-refractivity contribution in [2.75, 3.05) is 5.43 Å². The van der Waals surface area contributed by atoms with E-state index in [0.717, 1.165) is 17.8 Å². The second kappa shape index (κ2) is 3.57. The number of anilines is 1. The van der Waals surface area contributed by atoms with Gasteiger partial charge < -0.3 is 0 Å². The number of hydrazine groups is 1. The quantitative estimate of drug-likeness (QED) is 0.435. The number of hydrogen-bond donors (Lipinski definition) is 3. The molecule has 1 heterocycles. The predicted octanol–water partition coefficient (Wildman–Crippen LogP) is 2.15. The van der Waals surface area contributed by atoms with Gasteiger partial charge in [0.2, 0.25) is 5.95 Å². The Morgan fingerprint density at radius 1 is 1.22 bits per heavy atom. The van der Waals surface area contributed by atoms with E-state index in [4.69, 9.17) is 18.1 Å². The topological polar surface area (TPSA) is 71.7 Å². The number of nitrogens with one attached hydrogen (secondary N) is 2. The Balaban J connectivity index is 1.83. The highest BCUT2D eigenvalue weighted by atomic mass is 32.1. The Hall–Kier alpha value is -0.880. The molecule has 0 amide bonds. The zero-order valence-corrected chi connectivity index (χ0v) is 11.2. The van der Waals surface area contributed by atoms with E-state index in [1.807, 2.05) is 0 Å². The minimum absolute atomic E-state index is 0.181. The lowest BCUT2D eigenvalue weighted by atomic mass is 9.53. The first kappa shape index (κ1) is 11.0. The number of aromatic nitrogens is 3. The first-order valence-corrected chi connectivity index (χ1v) is 7.25. The van der Waals surface area contributed by atoms with E-state index in [1.54, 1.807) is 0 Å². The molecule has 4 aliphatic carbocycles. The molecule has 0 saturated heterocycles. The monoisotopic (exact) mass is 265 g/mol. The molecule has 0 atom stereocenters. The Morgan fingerprint density at radius 3 is 2.28 bits per heavy atom. The molecular weight excluding hydrogens is 246 g/mol. The molecule has 98 valence electrons. The number of nitrogens with zero attached hydrogens (tertiary/aromatic N) is 2. The summed E-state index contributed by atoms with van der Waals surface area (Å²) in [7, 11) is 0. The fraction of sp³-hybridized carbons (Fsp3) is 0.833. The van der Waals surface area contributed by atoms with Crippen LogP contribution in [0.5, 0.6) is 0 Å². The van der Waals surface area contributed by atoms with Crippen LogP contribution in [-0.2, 0) is 5.54 Å². The van der Waals surface area contributed by atoms with Gasteiger partial charge >= 0.3 is 0 Å². The highest BCUT2D eigenvalue weighted by Gasteiger charge is 2.52. The molecule has 1 aromatic heterocycles. The van der Waals surface area contributed by atoms with E-state index >= 15 is 0 Å². The maximum absolute atomic E-state index is 5.58. The van der Waals surface area contributed by atoms with Crippen molar-refractivity contribution in [3.05, 3.63) is 4.77 Å². The largest absolute Gasteiger partial charge is 0.292 e. The second-order valence-electron chi connectivity index (χ2n) is 6.47. The summed E-state index contributed by atoms with van der Waals surface area (Å²) in [5, 5.41) is 7.09. The van der Waals surface area contributed by atoms with Crippen LogP contribution < -0.4 is 11.3 Å². The molecule has 0 radical (unpaired) electrons. The van der Waals surface area contributed by atoms with Gasteiger partial charge in [-0.3, -0.25) is 9.99 Å². The molecule has 0 aromatic carbocycles. The molecule has 4 N–H and O–H groups in total. The minimum Gasteiger partial charge on any atom is -0.292 e. The summed E-state index contributed by atoms with van der Waals surface area (Å²) < 4.78 is 2.89. The summed E-state index contributed by atoms with van der Waals surface area (Å²) in [6, 6.07) is 0. The van der Waals surface area contributed by atoms with Crippen LogP contribution in [0.2, 0.25) is 0 Å². The zero-order valence-electron chi connectivity index (χ0n) is 10.4. The van der Waals surface area contributed by atoms with Crippen molar-refractivity contribution in [1.82, 2.24) is 14.8 Å². The molecule has 5 rings (SSSR count). The van der Waals surface area contributed by atoms with E-state index in [9.17, 15) is 0 Å². The van der Waals surface area contributed by atoms with Crippen molar-refractivity contribution in [1.29, 1.82) is 0 Å². The maximum Gasteiger partial charge on any atom is 0.237 e. The fourth-order valence-corrected chi connectivity index (χ4v) is 5.50. The van der Waals surface area contributed by atoms with Gasteiger partial charge in [0, 0.05) is 0 Å². The molecule has 4 saturated carbocycles. The van der Waals surface area contributed by atoms with Gasteiger partial charge in [-0.05, 0) is 68.5 Å². The van der Waals surface area contributed by atoms with Crippen LogP contribution in [0.4, 0.5) is 5.95 Å². The van der Waals surface area contributed by atoms with Crippen molar-refractivity contribution in [2.45, 2.75) is 44.1 Å². The van der Waals surface area contributed by atoms with Gasteiger partial charge in [-0.2, -0.15) is 0 Å². The maximum atomic E-state index is 5.58. The summed E-state index contributed by atoms with van der Waals surface area (Å²) >= 11 is 5.42. The molecule has 18 heavy (non-hydrogen) atoms. The second-order valence-corrected chi connectivity index (χ2v) is 6.86. The van der Waals surface area contributed by atoms with Crippen LogP contribution in [0, 0.1) is 22.5 Å². The summed E-state index contributed by atoms with van der Waals surface area (Å²) in [5.74, 6) is 8.94. The van der Waals surface area contributed by atoms with Crippen molar-refractivity contribution in [3.63, 3.8) is 0 Å². The van der Waals surface area contributed by atoms with E-state index in [2.05, 4.69) is 20.2 Å². The molecule has 1 aromatic rings. The third-order valence-electron chi connectivity index (χ3n) is 5.28. The lowest BCUT2D eigenvalue weighted by Gasteiger charge is -2.57. The third kappa shape index (κ3) is 1.36. The van der Waals surface area contributed by atoms with Gasteiger partial charge in [0.1, 0.15) is 0 Å². The minimum atomic E-state index is 0.181. The normalized spacial score (nSPS) is 41.3. The van der Waals surface area contributed by atoms with Gasteiger partial charge in [0.05, 0.1) is 5.54 Å². The van der Waals surface area contributed by atoms with Gasteiger partial charge in [0.15, 0.2) is 4.77 Å². The number of nitrogen functional groups attached to an aromatic ring is 1. The number of H-pyrrole nitrogens is 1. The first-order chi connectivity index (χ1) is 8.70. The van der Waals surface area contributed by atoms with E-state index in [0.29, 0.717) is 10.7 Å². The predicted molar refractivity (Wildman–Crippen MR) is 71.4 cm³/mol. The van der Waals surface area contributed by atoms with Gasteiger partial charge in [-0.25, -0.2) is 10.9 Å². The summed E-state index contributed by atoms with van der Waals surface area (Å²) in [6.07, 6.45) is 8.03. The highest BCUT2D eigenvalue weighted by molar-refractivity contribution is 7.71. The van der Waals surface area contributed by atoms with E-state index < -0.39 is 0 Å². The molecular formula is C12H19N5S. The van der Waals surface area contributed by atoms with Gasteiger partial charge in [0.25, 0.3) is 0 Å². The van der Waals surface area contributed by atoms with Crippen LogP contribution >= 0.6 is 12.2 Å². The SMILES string of the molecule is NNc1n[nH]c(=S)n1C12CC3CC(CC(C3)C1)C2. The zero-order chi connectivity index (χ0) is 12.3. The Bertz CT molecular complexity index is 496. The van der Waals surface area contributed by atoms with Gasteiger partial charge in [-0.1, -0.05) is 0 Å². The standard InChI is InChI=1S/C12H19N5S/c13-14-10-15-16-11(18)17(10)12-4-7-1-8(5-12)3-9(2-7)6-12/h7-9H,1-6,13H2,(H,14,15)(H,16,18). The van der Waals surface area contributed by atoms with Gasteiger partial charge in [-0.15, -0.1) is 5.10 Å². The Labute approximate surface area is 111 Å². The average molecular weight is 265 g/mol. The van der Waals surface area contributed by atoms with Crippen molar-refractivity contribution in [3.8, 4) is 0 Å². The third-order valence-corrected chi connectivity index (χ3v) is 5.56. The lowest BCUT2D eigenvalue weighted by Crippen LogP contribution is -2.52. The van der Waals surface area contributed by atoms with Crippen LogP contribution in [0.1, 0.15) is 38.5 Å². The molecule has 0 aliphatic heterocycles. The summed E-state index contributed by atoms with van der Waals surface area (Å²) in [6.45, 7) is 0. The number of aromatic amines is 1. The summed E-state index contributed by atoms with van der Waals surface area (Å²) in [5.41, 5.74) is 2.88. The van der Waals surface area contributed by atoms with Crippen molar-refractivity contribution in [2.24, 2.45) is 23.6 Å². The van der Waals surface area contributed by atoms with Crippen LogP contribution in [0.15, 0.2) is 0 Å². The van der Waals surface area contributed by atoms with Crippen molar-refractivity contribution >= 4 is 18.2 Å². The van der Waals surface area contributed by atoms with E-state index in [1.165, 1.54) is 38.5 Å². The number of hydrogen-bond acceptors (Lipinski definition) is 4. The van der Waals surface area contributed by atoms with Crippen LogP contribution in [-0.4, -0.2) is 14.8 Å². The van der Waals surface area contributed by atoms with Crippen LogP contribution in [0.25, 0.3) is 0 Å². The highest BCUT2D eigenvalue weighted by Crippen LogP contribution is 2.59. The molecule has 4 fully saturated rings. The lowest BCUT2D eigenvalue weighted by molar-refractivity contribution is -0.0428. The summed E-state index contributed by atoms with van der Waals surface area (Å²) in [4.78, 5) is 0. The van der Waals surface area contributed by atoms with Crippen molar-refractivity contribution < 1.29 is 0 Å². The Kier molecular flexibility index (Phi) is 2.18. The average Bonchev–Trinajstić information content (AvgIpc) is 2.69. The fourth-order valence-electron chi connectivity index (χ4n) is 5.17. The van der Waals surface area contributed by atoms with Crippen LogP contribution in [0.3, 0.4) is 0 Å².